The first-order chi connectivity index (χ1) is 13.7. The number of carbonyl (C=O) groups excluding carboxylic acids is 1. The molecule has 29 heavy (non-hydrogen) atoms. The first-order valence-corrected chi connectivity index (χ1v) is 8.93. The summed E-state index contributed by atoms with van der Waals surface area (Å²) in [5, 5.41) is 3.91. The lowest BCUT2D eigenvalue weighted by Gasteiger charge is -2.09. The molecule has 0 unspecified atom stereocenters. The summed E-state index contributed by atoms with van der Waals surface area (Å²) in [5.41, 5.74) is 6.20. The molecule has 150 valence electrons. The molecule has 0 fully saturated rings. The lowest BCUT2D eigenvalue weighted by Crippen LogP contribution is -2.18. The van der Waals surface area contributed by atoms with Gasteiger partial charge in [0.15, 0.2) is 0 Å². The molecule has 1 aromatic heterocycles. The Labute approximate surface area is 166 Å². The van der Waals surface area contributed by atoms with Crippen LogP contribution in [0, 0.1) is 20.8 Å². The van der Waals surface area contributed by atoms with Gasteiger partial charge in [-0.25, -0.2) is 5.43 Å². The average molecular weight is 399 g/mol. The Morgan fingerprint density at radius 3 is 2.38 bits per heavy atom. The number of hydrogen-bond donors (Lipinski definition) is 1. The SMILES string of the molecule is Cc1ccc(-n2c(C)cc(/C=N/NC(=O)c3cccc(C(F)(F)F)c3)c2C)cc1. The molecule has 3 rings (SSSR count). The molecule has 0 spiro atoms. The molecule has 0 bridgehead atoms. The molecular weight excluding hydrogens is 379 g/mol. The van der Waals surface area contributed by atoms with Gasteiger partial charge in [-0.1, -0.05) is 23.8 Å². The fourth-order valence-corrected chi connectivity index (χ4v) is 3.07. The summed E-state index contributed by atoms with van der Waals surface area (Å²) in [4.78, 5) is 12.1. The first-order valence-electron chi connectivity index (χ1n) is 8.93. The van der Waals surface area contributed by atoms with Gasteiger partial charge < -0.3 is 4.57 Å². The number of halogens is 3. The molecule has 0 saturated carbocycles. The monoisotopic (exact) mass is 399 g/mol. The number of hydrogen-bond acceptors (Lipinski definition) is 2. The second-order valence-electron chi connectivity index (χ2n) is 6.78. The van der Waals surface area contributed by atoms with E-state index in [1.165, 1.54) is 18.3 Å². The number of aromatic nitrogens is 1. The van der Waals surface area contributed by atoms with E-state index in [4.69, 9.17) is 0 Å². The number of rotatable bonds is 4. The van der Waals surface area contributed by atoms with Gasteiger partial charge in [-0.2, -0.15) is 18.3 Å². The molecule has 1 N–H and O–H groups in total. The maximum Gasteiger partial charge on any atom is 0.416 e. The van der Waals surface area contributed by atoms with Crippen molar-refractivity contribution in [3.8, 4) is 5.69 Å². The van der Waals surface area contributed by atoms with E-state index in [0.717, 1.165) is 40.3 Å². The number of carbonyl (C=O) groups is 1. The highest BCUT2D eigenvalue weighted by Gasteiger charge is 2.30. The molecule has 7 heteroatoms. The van der Waals surface area contributed by atoms with Gasteiger partial charge in [-0.05, 0) is 57.2 Å². The minimum atomic E-state index is -4.51. The smallest absolute Gasteiger partial charge is 0.318 e. The third-order valence-electron chi connectivity index (χ3n) is 4.58. The van der Waals surface area contributed by atoms with Crippen molar-refractivity contribution < 1.29 is 18.0 Å². The summed E-state index contributed by atoms with van der Waals surface area (Å²) in [6.07, 6.45) is -3.02. The Kier molecular flexibility index (Phi) is 5.59. The third-order valence-corrected chi connectivity index (χ3v) is 4.58. The van der Waals surface area contributed by atoms with Gasteiger partial charge in [0.1, 0.15) is 0 Å². The van der Waals surface area contributed by atoms with Crippen molar-refractivity contribution in [1.82, 2.24) is 9.99 Å². The van der Waals surface area contributed by atoms with Crippen molar-refractivity contribution in [2.24, 2.45) is 5.10 Å². The number of nitrogens with zero attached hydrogens (tertiary/aromatic N) is 2. The molecule has 4 nitrogen and oxygen atoms in total. The summed E-state index contributed by atoms with van der Waals surface area (Å²) >= 11 is 0. The highest BCUT2D eigenvalue weighted by atomic mass is 19.4. The lowest BCUT2D eigenvalue weighted by molar-refractivity contribution is -0.137. The van der Waals surface area contributed by atoms with Crippen molar-refractivity contribution >= 4 is 12.1 Å². The van der Waals surface area contributed by atoms with E-state index in [-0.39, 0.29) is 5.56 Å². The summed E-state index contributed by atoms with van der Waals surface area (Å²) in [5.74, 6) is -0.709. The van der Waals surface area contributed by atoms with Crippen LogP contribution in [0.15, 0.2) is 59.7 Å². The Bertz CT molecular complexity index is 1060. The van der Waals surface area contributed by atoms with Crippen LogP contribution in [0.1, 0.15) is 38.4 Å². The maximum absolute atomic E-state index is 12.8. The van der Waals surface area contributed by atoms with Crippen molar-refractivity contribution in [3.63, 3.8) is 0 Å². The van der Waals surface area contributed by atoms with Crippen molar-refractivity contribution in [2.75, 3.05) is 0 Å². The van der Waals surface area contributed by atoms with E-state index in [1.54, 1.807) is 0 Å². The van der Waals surface area contributed by atoms with Gasteiger partial charge >= 0.3 is 6.18 Å². The molecule has 2 aromatic carbocycles. The van der Waals surface area contributed by atoms with Crippen LogP contribution < -0.4 is 5.43 Å². The fraction of sp³-hybridized carbons (Fsp3) is 0.182. The van der Waals surface area contributed by atoms with Gasteiger partial charge in [-0.15, -0.1) is 0 Å². The van der Waals surface area contributed by atoms with Crippen molar-refractivity contribution in [3.05, 3.63) is 88.2 Å². The second-order valence-corrected chi connectivity index (χ2v) is 6.78. The zero-order valence-corrected chi connectivity index (χ0v) is 16.2. The quantitative estimate of drug-likeness (QED) is 0.477. The number of alkyl halides is 3. The largest absolute Gasteiger partial charge is 0.416 e. The predicted octanol–water partition coefficient (Wildman–Crippen LogP) is 5.19. The maximum atomic E-state index is 12.8. The van der Waals surface area contributed by atoms with Crippen LogP contribution >= 0.6 is 0 Å². The Hall–Kier alpha value is -3.35. The Balaban J connectivity index is 1.77. The molecule has 1 heterocycles. The van der Waals surface area contributed by atoms with Crippen LogP contribution in [-0.4, -0.2) is 16.7 Å². The van der Waals surface area contributed by atoms with Gasteiger partial charge in [0.2, 0.25) is 0 Å². The van der Waals surface area contributed by atoms with Gasteiger partial charge in [-0.3, -0.25) is 4.79 Å². The van der Waals surface area contributed by atoms with Gasteiger partial charge in [0.25, 0.3) is 5.91 Å². The first kappa shape index (κ1) is 20.4. The second kappa shape index (κ2) is 7.95. The van der Waals surface area contributed by atoms with E-state index < -0.39 is 17.6 Å². The van der Waals surface area contributed by atoms with Crippen LogP contribution in [0.25, 0.3) is 5.69 Å². The van der Waals surface area contributed by atoms with Crippen LogP contribution in [0.3, 0.4) is 0 Å². The predicted molar refractivity (Wildman–Crippen MR) is 106 cm³/mol. The van der Waals surface area contributed by atoms with E-state index in [1.807, 2.05) is 51.1 Å². The highest BCUT2D eigenvalue weighted by Crippen LogP contribution is 2.29. The normalized spacial score (nSPS) is 11.8. The van der Waals surface area contributed by atoms with E-state index in [9.17, 15) is 18.0 Å². The standard InChI is InChI=1S/C22H20F3N3O/c1-14-7-9-20(10-8-14)28-15(2)11-18(16(28)3)13-26-27-21(29)17-5-4-6-19(12-17)22(23,24)25/h4-13H,1-3H3,(H,27,29)/b26-13+. The number of hydrazone groups is 1. The van der Waals surface area contributed by atoms with E-state index >= 15 is 0 Å². The van der Waals surface area contributed by atoms with Crippen molar-refractivity contribution in [1.29, 1.82) is 0 Å². The number of nitrogens with one attached hydrogen (secondary N) is 1. The molecule has 1 amide bonds. The molecule has 0 aliphatic heterocycles. The summed E-state index contributed by atoms with van der Waals surface area (Å²) in [6.45, 7) is 5.92. The van der Waals surface area contributed by atoms with Crippen molar-refractivity contribution in [2.45, 2.75) is 26.9 Å². The minimum absolute atomic E-state index is 0.109. The lowest BCUT2D eigenvalue weighted by atomic mass is 10.1. The molecular formula is C22H20F3N3O. The highest BCUT2D eigenvalue weighted by molar-refractivity contribution is 5.95. The summed E-state index contributed by atoms with van der Waals surface area (Å²) in [7, 11) is 0. The van der Waals surface area contributed by atoms with Gasteiger partial charge in [0.05, 0.1) is 11.8 Å². The molecule has 0 atom stereocenters. The number of aryl methyl sites for hydroxylation is 2. The topological polar surface area (TPSA) is 46.4 Å². The molecule has 0 radical (unpaired) electrons. The molecule has 0 aliphatic rings. The van der Waals surface area contributed by atoms with E-state index in [0.29, 0.717) is 0 Å². The van der Waals surface area contributed by atoms with E-state index in [2.05, 4.69) is 15.1 Å². The third kappa shape index (κ3) is 4.56. The Morgan fingerprint density at radius 1 is 1.03 bits per heavy atom. The Morgan fingerprint density at radius 2 is 1.72 bits per heavy atom. The average Bonchev–Trinajstić information content (AvgIpc) is 2.95. The minimum Gasteiger partial charge on any atom is -0.318 e. The zero-order valence-electron chi connectivity index (χ0n) is 16.2. The molecule has 3 aromatic rings. The van der Waals surface area contributed by atoms with Crippen LogP contribution in [0.5, 0.6) is 0 Å². The van der Waals surface area contributed by atoms with Crippen LogP contribution in [0.4, 0.5) is 13.2 Å². The molecule has 0 aliphatic carbocycles. The summed E-state index contributed by atoms with van der Waals surface area (Å²) < 4.78 is 40.4. The van der Waals surface area contributed by atoms with Gasteiger partial charge in [0, 0.05) is 28.2 Å². The number of amides is 1. The number of benzene rings is 2. The summed E-state index contributed by atoms with van der Waals surface area (Å²) in [6, 6.07) is 14.2. The fourth-order valence-electron chi connectivity index (χ4n) is 3.07. The zero-order chi connectivity index (χ0) is 21.2. The van der Waals surface area contributed by atoms with Crippen LogP contribution in [0.2, 0.25) is 0 Å². The molecule has 0 saturated heterocycles. The van der Waals surface area contributed by atoms with Crippen LogP contribution in [-0.2, 0) is 6.18 Å².